The standard InChI is InChI=1S/C12H14BrNO2/c1-16-11(15)12(14)5-4-8-2-3-10(13)6-9(8)7-12/h2-3,6H,4-5,7,14H2,1H3/t12-/m1/s1. The fourth-order valence-electron chi connectivity index (χ4n) is 2.17. The molecule has 0 saturated heterocycles. The number of aryl methyl sites for hydroxylation is 1. The van der Waals surface area contributed by atoms with E-state index in [1.165, 1.54) is 12.7 Å². The molecule has 1 aliphatic carbocycles. The van der Waals surface area contributed by atoms with Crippen molar-refractivity contribution in [1.82, 2.24) is 0 Å². The Kier molecular flexibility index (Phi) is 3.04. The molecule has 0 amide bonds. The van der Waals surface area contributed by atoms with E-state index in [9.17, 15) is 4.79 Å². The maximum Gasteiger partial charge on any atom is 0.326 e. The quantitative estimate of drug-likeness (QED) is 0.800. The molecule has 0 aliphatic heterocycles. The minimum Gasteiger partial charge on any atom is -0.468 e. The van der Waals surface area contributed by atoms with Crippen LogP contribution < -0.4 is 5.73 Å². The smallest absolute Gasteiger partial charge is 0.326 e. The molecule has 3 nitrogen and oxygen atoms in total. The van der Waals surface area contributed by atoms with E-state index >= 15 is 0 Å². The highest BCUT2D eigenvalue weighted by molar-refractivity contribution is 9.10. The molecule has 1 atom stereocenters. The van der Waals surface area contributed by atoms with Gasteiger partial charge < -0.3 is 10.5 Å². The zero-order valence-corrected chi connectivity index (χ0v) is 10.7. The van der Waals surface area contributed by atoms with Gasteiger partial charge in [-0.05, 0) is 36.1 Å². The third-order valence-electron chi connectivity index (χ3n) is 3.11. The first-order valence-electron chi connectivity index (χ1n) is 5.20. The van der Waals surface area contributed by atoms with E-state index in [-0.39, 0.29) is 5.97 Å². The number of rotatable bonds is 1. The van der Waals surface area contributed by atoms with Gasteiger partial charge in [-0.1, -0.05) is 22.0 Å². The van der Waals surface area contributed by atoms with Crippen molar-refractivity contribution < 1.29 is 9.53 Å². The number of halogens is 1. The number of benzene rings is 1. The molecule has 0 aromatic heterocycles. The zero-order valence-electron chi connectivity index (χ0n) is 9.13. The Balaban J connectivity index is 2.32. The van der Waals surface area contributed by atoms with Crippen LogP contribution in [-0.2, 0) is 22.4 Å². The maximum atomic E-state index is 11.6. The second kappa shape index (κ2) is 4.18. The van der Waals surface area contributed by atoms with E-state index in [1.54, 1.807) is 0 Å². The highest BCUT2D eigenvalue weighted by Crippen LogP contribution is 2.29. The fraction of sp³-hybridized carbons (Fsp3) is 0.417. The van der Waals surface area contributed by atoms with Crippen LogP contribution in [0.4, 0.5) is 0 Å². The van der Waals surface area contributed by atoms with Gasteiger partial charge in [0.15, 0.2) is 0 Å². The van der Waals surface area contributed by atoms with Crippen LogP contribution in [0.2, 0.25) is 0 Å². The molecule has 0 saturated carbocycles. The summed E-state index contributed by atoms with van der Waals surface area (Å²) in [6.07, 6.45) is 2.02. The Morgan fingerprint density at radius 1 is 1.50 bits per heavy atom. The molecule has 16 heavy (non-hydrogen) atoms. The maximum absolute atomic E-state index is 11.6. The summed E-state index contributed by atoms with van der Waals surface area (Å²) in [5, 5.41) is 0. The highest BCUT2D eigenvalue weighted by Gasteiger charge is 2.38. The lowest BCUT2D eigenvalue weighted by Crippen LogP contribution is -2.52. The van der Waals surface area contributed by atoms with Crippen molar-refractivity contribution in [2.75, 3.05) is 7.11 Å². The number of ether oxygens (including phenoxy) is 1. The molecule has 1 aromatic carbocycles. The third-order valence-corrected chi connectivity index (χ3v) is 3.60. The molecule has 0 spiro atoms. The van der Waals surface area contributed by atoms with Gasteiger partial charge in [-0.15, -0.1) is 0 Å². The molecule has 1 aromatic rings. The topological polar surface area (TPSA) is 52.3 Å². The van der Waals surface area contributed by atoms with E-state index in [0.29, 0.717) is 12.8 Å². The van der Waals surface area contributed by atoms with Gasteiger partial charge in [0.2, 0.25) is 0 Å². The number of fused-ring (bicyclic) bond motifs is 1. The lowest BCUT2D eigenvalue weighted by atomic mass is 9.79. The lowest BCUT2D eigenvalue weighted by molar-refractivity contribution is -0.147. The van der Waals surface area contributed by atoms with Gasteiger partial charge in [0.1, 0.15) is 5.54 Å². The molecule has 86 valence electrons. The van der Waals surface area contributed by atoms with Gasteiger partial charge in [0, 0.05) is 10.9 Å². The van der Waals surface area contributed by atoms with Gasteiger partial charge in [-0.2, -0.15) is 0 Å². The predicted molar refractivity (Wildman–Crippen MR) is 65.1 cm³/mol. The van der Waals surface area contributed by atoms with E-state index in [1.807, 2.05) is 12.1 Å². The fourth-order valence-corrected chi connectivity index (χ4v) is 2.57. The highest BCUT2D eigenvalue weighted by atomic mass is 79.9. The summed E-state index contributed by atoms with van der Waals surface area (Å²) >= 11 is 3.43. The van der Waals surface area contributed by atoms with Gasteiger partial charge in [-0.3, -0.25) is 4.79 Å². The summed E-state index contributed by atoms with van der Waals surface area (Å²) in [6, 6.07) is 6.12. The third kappa shape index (κ3) is 1.99. The van der Waals surface area contributed by atoms with Crippen molar-refractivity contribution in [1.29, 1.82) is 0 Å². The Morgan fingerprint density at radius 3 is 2.94 bits per heavy atom. The Labute approximate surface area is 103 Å². The minimum absolute atomic E-state index is 0.321. The van der Waals surface area contributed by atoms with Crippen LogP contribution >= 0.6 is 15.9 Å². The van der Waals surface area contributed by atoms with E-state index < -0.39 is 5.54 Å². The average Bonchev–Trinajstić information content (AvgIpc) is 2.27. The molecule has 0 radical (unpaired) electrons. The van der Waals surface area contributed by atoms with Crippen molar-refractivity contribution in [3.63, 3.8) is 0 Å². The molecule has 2 rings (SSSR count). The van der Waals surface area contributed by atoms with E-state index in [2.05, 4.69) is 22.0 Å². The molecule has 0 heterocycles. The largest absolute Gasteiger partial charge is 0.468 e. The molecule has 0 bridgehead atoms. The first-order valence-corrected chi connectivity index (χ1v) is 5.99. The average molecular weight is 284 g/mol. The first kappa shape index (κ1) is 11.6. The number of carbonyl (C=O) groups is 1. The number of nitrogens with two attached hydrogens (primary N) is 1. The van der Waals surface area contributed by atoms with Gasteiger partial charge >= 0.3 is 5.97 Å². The monoisotopic (exact) mass is 283 g/mol. The van der Waals surface area contributed by atoms with Crippen LogP contribution in [0.25, 0.3) is 0 Å². The number of esters is 1. The Morgan fingerprint density at radius 2 is 2.25 bits per heavy atom. The summed E-state index contributed by atoms with van der Waals surface area (Å²) in [5.74, 6) is -0.321. The summed E-state index contributed by atoms with van der Waals surface area (Å²) in [7, 11) is 1.38. The van der Waals surface area contributed by atoms with Crippen LogP contribution in [0.5, 0.6) is 0 Å². The summed E-state index contributed by atoms with van der Waals surface area (Å²) in [6.45, 7) is 0. The molecular weight excluding hydrogens is 270 g/mol. The minimum atomic E-state index is -0.859. The second-order valence-electron chi connectivity index (χ2n) is 4.24. The molecular formula is C12H14BrNO2. The number of methoxy groups -OCH3 is 1. The molecule has 1 aliphatic rings. The van der Waals surface area contributed by atoms with Gasteiger partial charge in [0.25, 0.3) is 0 Å². The molecule has 0 unspecified atom stereocenters. The normalized spacial score (nSPS) is 23.7. The van der Waals surface area contributed by atoms with Crippen LogP contribution in [0, 0.1) is 0 Å². The van der Waals surface area contributed by atoms with Gasteiger partial charge in [0.05, 0.1) is 7.11 Å². The number of hydrogen-bond donors (Lipinski definition) is 1. The summed E-state index contributed by atoms with van der Waals surface area (Å²) in [5.41, 5.74) is 7.63. The van der Waals surface area contributed by atoms with E-state index in [4.69, 9.17) is 10.5 Å². The second-order valence-corrected chi connectivity index (χ2v) is 5.15. The predicted octanol–water partition coefficient (Wildman–Crippen LogP) is 1.81. The molecule has 2 N–H and O–H groups in total. The van der Waals surface area contributed by atoms with Crippen molar-refractivity contribution in [3.05, 3.63) is 33.8 Å². The van der Waals surface area contributed by atoms with E-state index in [0.717, 1.165) is 16.5 Å². The molecule has 4 heteroatoms. The van der Waals surface area contributed by atoms with Crippen molar-refractivity contribution in [2.24, 2.45) is 5.73 Å². The first-order chi connectivity index (χ1) is 7.55. The summed E-state index contributed by atoms with van der Waals surface area (Å²) in [4.78, 5) is 11.6. The number of carbonyl (C=O) groups excluding carboxylic acids is 1. The van der Waals surface area contributed by atoms with Gasteiger partial charge in [-0.25, -0.2) is 0 Å². The van der Waals surface area contributed by atoms with Crippen LogP contribution in [0.15, 0.2) is 22.7 Å². The van der Waals surface area contributed by atoms with Crippen LogP contribution in [-0.4, -0.2) is 18.6 Å². The van der Waals surface area contributed by atoms with Crippen LogP contribution in [0.3, 0.4) is 0 Å². The van der Waals surface area contributed by atoms with Crippen molar-refractivity contribution in [2.45, 2.75) is 24.8 Å². The zero-order chi connectivity index (χ0) is 11.8. The Bertz CT molecular complexity index is 433. The van der Waals surface area contributed by atoms with Crippen molar-refractivity contribution in [3.8, 4) is 0 Å². The SMILES string of the molecule is COC(=O)[C@@]1(N)CCc2ccc(Br)cc2C1. The summed E-state index contributed by atoms with van der Waals surface area (Å²) < 4.78 is 5.78. The Hall–Kier alpha value is -0.870. The van der Waals surface area contributed by atoms with Crippen molar-refractivity contribution >= 4 is 21.9 Å². The lowest BCUT2D eigenvalue weighted by Gasteiger charge is -2.32. The molecule has 0 fully saturated rings. The number of hydrogen-bond acceptors (Lipinski definition) is 3. The van der Waals surface area contributed by atoms with Crippen LogP contribution in [0.1, 0.15) is 17.5 Å².